The molecule has 1 aromatic heterocycles. The Morgan fingerprint density at radius 2 is 2.09 bits per heavy atom. The fourth-order valence-corrected chi connectivity index (χ4v) is 3.15. The Morgan fingerprint density at radius 3 is 2.59 bits per heavy atom. The molecule has 0 unspecified atom stereocenters. The van der Waals surface area contributed by atoms with Crippen LogP contribution in [0.1, 0.15) is 10.4 Å². The van der Waals surface area contributed by atoms with E-state index in [-0.39, 0.29) is 27.3 Å². The van der Waals surface area contributed by atoms with Crippen LogP contribution in [-0.4, -0.2) is 33.6 Å². The first kappa shape index (κ1) is 16.5. The van der Waals surface area contributed by atoms with E-state index in [1.165, 1.54) is 37.8 Å². The standard InChI is InChI=1S/C12H11ClN2O5S2/c1-19-9-5-7(11(16)20-2)3-4-8(9)15(22(17)18)10-6-21-12(13)14-10/h3-6,22H,1-2H3. The number of rotatable bonds is 5. The molecule has 0 fully saturated rings. The van der Waals surface area contributed by atoms with Crippen molar-refractivity contribution in [1.29, 1.82) is 0 Å². The molecule has 10 heteroatoms. The molecule has 2 rings (SSSR count). The SMILES string of the molecule is COC(=O)c1ccc(N(c2csc(Cl)n2)[SH](=O)=O)c(OC)c1. The Hall–Kier alpha value is -1.84. The second kappa shape index (κ2) is 6.95. The predicted molar refractivity (Wildman–Crippen MR) is 83.9 cm³/mol. The average Bonchev–Trinajstić information content (AvgIpc) is 2.92. The smallest absolute Gasteiger partial charge is 0.337 e. The molecule has 0 amide bonds. The molecule has 0 N–H and O–H groups in total. The minimum atomic E-state index is -3.03. The number of thiazole rings is 1. The maximum atomic E-state index is 11.6. The highest BCUT2D eigenvalue weighted by Crippen LogP contribution is 2.36. The highest BCUT2D eigenvalue weighted by atomic mass is 35.5. The van der Waals surface area contributed by atoms with Gasteiger partial charge < -0.3 is 9.47 Å². The van der Waals surface area contributed by atoms with Gasteiger partial charge in [0, 0.05) is 5.38 Å². The topological polar surface area (TPSA) is 85.8 Å². The first-order valence-electron chi connectivity index (χ1n) is 5.79. The molecule has 1 heterocycles. The Kier molecular flexibility index (Phi) is 5.22. The summed E-state index contributed by atoms with van der Waals surface area (Å²) >= 11 is 6.85. The zero-order valence-electron chi connectivity index (χ0n) is 11.5. The lowest BCUT2D eigenvalue weighted by molar-refractivity contribution is 0.0600. The zero-order chi connectivity index (χ0) is 16.3. The summed E-state index contributed by atoms with van der Waals surface area (Å²) in [5.74, 6) is -0.221. The highest BCUT2D eigenvalue weighted by Gasteiger charge is 2.21. The lowest BCUT2D eigenvalue weighted by atomic mass is 10.2. The number of nitrogens with zero attached hydrogens (tertiary/aromatic N) is 2. The lowest BCUT2D eigenvalue weighted by Crippen LogP contribution is -2.16. The highest BCUT2D eigenvalue weighted by molar-refractivity contribution is 7.74. The van der Waals surface area contributed by atoms with Gasteiger partial charge in [-0.3, -0.25) is 0 Å². The summed E-state index contributed by atoms with van der Waals surface area (Å²) in [6, 6.07) is 4.26. The maximum absolute atomic E-state index is 11.6. The number of thiol groups is 1. The van der Waals surface area contributed by atoms with Gasteiger partial charge in [-0.15, -0.1) is 11.3 Å². The van der Waals surface area contributed by atoms with E-state index in [9.17, 15) is 13.2 Å². The van der Waals surface area contributed by atoms with Gasteiger partial charge in [0.15, 0.2) is 10.3 Å². The van der Waals surface area contributed by atoms with Gasteiger partial charge in [-0.1, -0.05) is 11.6 Å². The second-order valence-corrected chi connectivity index (χ2v) is 6.20. The summed E-state index contributed by atoms with van der Waals surface area (Å²) in [5, 5.41) is 1.50. The van der Waals surface area contributed by atoms with E-state index in [0.29, 0.717) is 0 Å². The fourth-order valence-electron chi connectivity index (χ4n) is 1.73. The van der Waals surface area contributed by atoms with Gasteiger partial charge in [-0.25, -0.2) is 22.5 Å². The van der Waals surface area contributed by atoms with Gasteiger partial charge in [0.2, 0.25) is 10.9 Å². The van der Waals surface area contributed by atoms with Gasteiger partial charge in [0.1, 0.15) is 11.4 Å². The third-order valence-corrected chi connectivity index (χ3v) is 4.39. The summed E-state index contributed by atoms with van der Waals surface area (Å²) < 4.78 is 34.1. The Labute approximate surface area is 137 Å². The zero-order valence-corrected chi connectivity index (χ0v) is 13.9. The molecule has 2 aromatic rings. The summed E-state index contributed by atoms with van der Waals surface area (Å²) in [6.45, 7) is 0. The van der Waals surface area contributed by atoms with Gasteiger partial charge in [0.25, 0.3) is 0 Å². The Morgan fingerprint density at radius 1 is 1.36 bits per heavy atom. The molecular weight excluding hydrogens is 352 g/mol. The van der Waals surface area contributed by atoms with Crippen molar-refractivity contribution in [2.75, 3.05) is 18.5 Å². The van der Waals surface area contributed by atoms with Crippen LogP contribution in [0.25, 0.3) is 0 Å². The second-order valence-electron chi connectivity index (χ2n) is 3.89. The number of benzene rings is 1. The van der Waals surface area contributed by atoms with Crippen LogP contribution < -0.4 is 9.04 Å². The largest absolute Gasteiger partial charge is 0.495 e. The molecule has 0 spiro atoms. The van der Waals surface area contributed by atoms with Crippen molar-refractivity contribution in [3.05, 3.63) is 33.6 Å². The van der Waals surface area contributed by atoms with Crippen molar-refractivity contribution in [2.24, 2.45) is 0 Å². The molecule has 0 aliphatic carbocycles. The molecule has 0 bridgehead atoms. The number of hydrogen-bond donors (Lipinski definition) is 1. The van der Waals surface area contributed by atoms with Crippen LogP contribution in [0.3, 0.4) is 0 Å². The van der Waals surface area contributed by atoms with Crippen LogP contribution in [0, 0.1) is 0 Å². The number of aromatic nitrogens is 1. The molecule has 0 aliphatic rings. The fraction of sp³-hybridized carbons (Fsp3) is 0.167. The lowest BCUT2D eigenvalue weighted by Gasteiger charge is -2.18. The van der Waals surface area contributed by atoms with E-state index in [4.69, 9.17) is 16.3 Å². The van der Waals surface area contributed by atoms with E-state index in [2.05, 4.69) is 9.72 Å². The number of methoxy groups -OCH3 is 2. The number of ether oxygens (including phenoxy) is 2. The maximum Gasteiger partial charge on any atom is 0.337 e. The number of hydrogen-bond acceptors (Lipinski definition) is 7. The molecule has 118 valence electrons. The van der Waals surface area contributed by atoms with E-state index in [1.807, 2.05) is 0 Å². The van der Waals surface area contributed by atoms with Crippen LogP contribution in [0.5, 0.6) is 5.75 Å². The molecule has 22 heavy (non-hydrogen) atoms. The Balaban J connectivity index is 2.55. The molecule has 0 atom stereocenters. The van der Waals surface area contributed by atoms with Gasteiger partial charge in [-0.05, 0) is 18.2 Å². The monoisotopic (exact) mass is 362 g/mol. The van der Waals surface area contributed by atoms with E-state index in [0.717, 1.165) is 15.6 Å². The van der Waals surface area contributed by atoms with Crippen LogP contribution in [-0.2, 0) is 15.6 Å². The number of esters is 1. The van der Waals surface area contributed by atoms with Crippen molar-refractivity contribution in [3.63, 3.8) is 0 Å². The van der Waals surface area contributed by atoms with Crippen LogP contribution >= 0.6 is 22.9 Å². The first-order valence-corrected chi connectivity index (χ1v) is 8.18. The van der Waals surface area contributed by atoms with Gasteiger partial charge >= 0.3 is 5.97 Å². The van der Waals surface area contributed by atoms with Crippen LogP contribution in [0.2, 0.25) is 4.47 Å². The van der Waals surface area contributed by atoms with E-state index in [1.54, 1.807) is 0 Å². The molecule has 0 saturated heterocycles. The van der Waals surface area contributed by atoms with Crippen LogP contribution in [0.15, 0.2) is 23.6 Å². The predicted octanol–water partition coefficient (Wildman–Crippen LogP) is 2.26. The molecule has 0 aliphatic heterocycles. The third kappa shape index (κ3) is 3.32. The summed E-state index contributed by atoms with van der Waals surface area (Å²) in [7, 11) is -0.415. The Bertz CT molecular complexity index is 767. The molecular formula is C12H11ClN2O5S2. The van der Waals surface area contributed by atoms with Crippen molar-refractivity contribution >= 4 is 51.3 Å². The molecule has 0 radical (unpaired) electrons. The number of anilines is 2. The van der Waals surface area contributed by atoms with Gasteiger partial charge in [0.05, 0.1) is 19.8 Å². The third-order valence-electron chi connectivity index (χ3n) is 2.67. The van der Waals surface area contributed by atoms with Crippen LogP contribution in [0.4, 0.5) is 11.5 Å². The van der Waals surface area contributed by atoms with Gasteiger partial charge in [-0.2, -0.15) is 0 Å². The van der Waals surface area contributed by atoms with Crippen molar-refractivity contribution in [2.45, 2.75) is 0 Å². The van der Waals surface area contributed by atoms with Crippen molar-refractivity contribution in [3.8, 4) is 5.75 Å². The van der Waals surface area contributed by atoms with Crippen molar-refractivity contribution < 1.29 is 22.7 Å². The quantitative estimate of drug-likeness (QED) is 0.648. The first-order chi connectivity index (χ1) is 10.5. The average molecular weight is 363 g/mol. The summed E-state index contributed by atoms with van der Waals surface area (Å²) in [4.78, 5) is 15.5. The number of halogens is 1. The number of carbonyl (C=O) groups excluding carboxylic acids is 1. The summed E-state index contributed by atoms with van der Waals surface area (Å²) in [5.41, 5.74) is 0.453. The number of carbonyl (C=O) groups is 1. The molecule has 0 saturated carbocycles. The van der Waals surface area contributed by atoms with E-state index < -0.39 is 16.9 Å². The minimum Gasteiger partial charge on any atom is -0.495 e. The normalized spacial score (nSPS) is 10.5. The molecule has 7 nitrogen and oxygen atoms in total. The minimum absolute atomic E-state index is 0.148. The van der Waals surface area contributed by atoms with Crippen molar-refractivity contribution in [1.82, 2.24) is 4.98 Å². The van der Waals surface area contributed by atoms with E-state index >= 15 is 0 Å². The summed E-state index contributed by atoms with van der Waals surface area (Å²) in [6.07, 6.45) is 0. The molecule has 1 aromatic carbocycles.